The number of aryl methyl sites for hydroxylation is 1. The largest absolute Gasteiger partial charge is 0.496 e. The second-order valence-corrected chi connectivity index (χ2v) is 6.08. The number of halogens is 1. The molecule has 1 fully saturated rings. The minimum Gasteiger partial charge on any atom is -0.496 e. The van der Waals surface area contributed by atoms with Gasteiger partial charge >= 0.3 is 0 Å². The Bertz CT molecular complexity index is 432. The molecule has 0 bridgehead atoms. The Morgan fingerprint density at radius 3 is 2.68 bits per heavy atom. The zero-order valence-corrected chi connectivity index (χ0v) is 13.7. The maximum Gasteiger partial charge on any atom is 0.128 e. The molecule has 0 atom stereocenters. The summed E-state index contributed by atoms with van der Waals surface area (Å²) in [7, 11) is 1.74. The molecule has 1 aromatic rings. The van der Waals surface area contributed by atoms with Gasteiger partial charge < -0.3 is 4.74 Å². The predicted molar refractivity (Wildman–Crippen MR) is 82.1 cm³/mol. The number of methoxy groups -OCH3 is 1. The van der Waals surface area contributed by atoms with Gasteiger partial charge in [-0.25, -0.2) is 0 Å². The number of nitrogens with zero attached hydrogens (tertiary/aromatic N) is 2. The Balaban J connectivity index is 2.16. The Hall–Kier alpha value is -0.610. The van der Waals surface area contributed by atoms with E-state index in [2.05, 4.69) is 32.7 Å². The number of pyridine rings is 1. The summed E-state index contributed by atoms with van der Waals surface area (Å²) >= 11 is 3.56. The molecule has 2 rings (SSSR count). The van der Waals surface area contributed by atoms with E-state index in [0.717, 1.165) is 41.5 Å². The van der Waals surface area contributed by atoms with Gasteiger partial charge in [-0.2, -0.15) is 0 Å². The van der Waals surface area contributed by atoms with E-state index in [4.69, 9.17) is 4.74 Å². The van der Waals surface area contributed by atoms with Crippen LogP contribution >= 0.6 is 15.9 Å². The maximum absolute atomic E-state index is 5.49. The quantitative estimate of drug-likeness (QED) is 0.748. The van der Waals surface area contributed by atoms with Gasteiger partial charge in [-0.15, -0.1) is 0 Å². The van der Waals surface area contributed by atoms with Crippen molar-refractivity contribution in [1.82, 2.24) is 9.88 Å². The third-order valence-electron chi connectivity index (χ3n) is 4.07. The molecule has 0 amide bonds. The van der Waals surface area contributed by atoms with Crippen LogP contribution in [0.4, 0.5) is 0 Å². The van der Waals surface area contributed by atoms with E-state index in [1.165, 1.54) is 24.8 Å². The van der Waals surface area contributed by atoms with Gasteiger partial charge in [0.15, 0.2) is 0 Å². The first kappa shape index (κ1) is 14.8. The molecule has 106 valence electrons. The smallest absolute Gasteiger partial charge is 0.128 e. The van der Waals surface area contributed by atoms with Crippen LogP contribution in [0.3, 0.4) is 0 Å². The van der Waals surface area contributed by atoms with Crippen LogP contribution in [0.15, 0.2) is 6.20 Å². The summed E-state index contributed by atoms with van der Waals surface area (Å²) in [6.07, 6.45) is 5.95. The zero-order valence-electron chi connectivity index (χ0n) is 12.1. The van der Waals surface area contributed by atoms with Gasteiger partial charge in [-0.05, 0) is 26.7 Å². The van der Waals surface area contributed by atoms with Crippen LogP contribution in [0.1, 0.15) is 36.1 Å². The van der Waals surface area contributed by atoms with Crippen molar-refractivity contribution in [2.45, 2.75) is 45.7 Å². The van der Waals surface area contributed by atoms with Crippen molar-refractivity contribution in [3.8, 4) is 5.75 Å². The van der Waals surface area contributed by atoms with Gasteiger partial charge in [0.05, 0.1) is 12.8 Å². The molecule has 1 aliphatic carbocycles. The molecule has 1 aliphatic rings. The predicted octanol–water partition coefficient (Wildman–Crippen LogP) is 3.46. The number of aromatic nitrogens is 1. The molecule has 1 saturated carbocycles. The van der Waals surface area contributed by atoms with Crippen molar-refractivity contribution in [1.29, 1.82) is 0 Å². The van der Waals surface area contributed by atoms with Crippen LogP contribution in [0.5, 0.6) is 5.75 Å². The SMILES string of the molecule is COc1c(C)cnc(CN(CCBr)C2CCC2)c1C. The van der Waals surface area contributed by atoms with Crippen LogP contribution < -0.4 is 4.74 Å². The van der Waals surface area contributed by atoms with E-state index >= 15 is 0 Å². The van der Waals surface area contributed by atoms with Crippen LogP contribution in [0.25, 0.3) is 0 Å². The second-order valence-electron chi connectivity index (χ2n) is 5.29. The zero-order chi connectivity index (χ0) is 13.8. The highest BCUT2D eigenvalue weighted by atomic mass is 79.9. The van der Waals surface area contributed by atoms with Gasteiger partial charge in [-0.1, -0.05) is 22.4 Å². The van der Waals surface area contributed by atoms with Crippen LogP contribution in [0.2, 0.25) is 0 Å². The molecule has 0 saturated heterocycles. The van der Waals surface area contributed by atoms with E-state index < -0.39 is 0 Å². The molecule has 1 aromatic heterocycles. The molecule has 0 radical (unpaired) electrons. The Labute approximate surface area is 124 Å². The lowest BCUT2D eigenvalue weighted by Gasteiger charge is -2.37. The molecule has 0 aromatic carbocycles. The van der Waals surface area contributed by atoms with Crippen molar-refractivity contribution < 1.29 is 4.74 Å². The fraction of sp³-hybridized carbons (Fsp3) is 0.667. The molecule has 1 heterocycles. The molecule has 4 heteroatoms. The number of hydrogen-bond donors (Lipinski definition) is 0. The summed E-state index contributed by atoms with van der Waals surface area (Å²) in [4.78, 5) is 7.16. The average Bonchev–Trinajstić information content (AvgIpc) is 2.31. The summed E-state index contributed by atoms with van der Waals surface area (Å²) in [5, 5.41) is 1.02. The van der Waals surface area contributed by atoms with Gasteiger partial charge in [0.25, 0.3) is 0 Å². The van der Waals surface area contributed by atoms with Crippen molar-refractivity contribution >= 4 is 15.9 Å². The summed E-state index contributed by atoms with van der Waals surface area (Å²) < 4.78 is 5.49. The third kappa shape index (κ3) is 3.29. The molecule has 3 nitrogen and oxygen atoms in total. The maximum atomic E-state index is 5.49. The van der Waals surface area contributed by atoms with Crippen molar-refractivity contribution in [3.63, 3.8) is 0 Å². The highest BCUT2D eigenvalue weighted by Crippen LogP contribution is 2.29. The fourth-order valence-electron chi connectivity index (χ4n) is 2.67. The van der Waals surface area contributed by atoms with Crippen molar-refractivity contribution in [2.75, 3.05) is 19.0 Å². The summed E-state index contributed by atoms with van der Waals surface area (Å²) in [5.41, 5.74) is 3.44. The summed E-state index contributed by atoms with van der Waals surface area (Å²) in [6.45, 7) is 6.17. The highest BCUT2D eigenvalue weighted by molar-refractivity contribution is 9.09. The molecule has 0 unspecified atom stereocenters. The van der Waals surface area contributed by atoms with E-state index in [0.29, 0.717) is 0 Å². The van der Waals surface area contributed by atoms with E-state index in [1.54, 1.807) is 7.11 Å². The Morgan fingerprint density at radius 1 is 1.42 bits per heavy atom. The minimum absolute atomic E-state index is 0.742. The number of rotatable bonds is 6. The lowest BCUT2D eigenvalue weighted by Crippen LogP contribution is -2.41. The van der Waals surface area contributed by atoms with Gasteiger partial charge in [-0.3, -0.25) is 9.88 Å². The van der Waals surface area contributed by atoms with Crippen LogP contribution in [-0.4, -0.2) is 34.9 Å². The van der Waals surface area contributed by atoms with E-state index in [1.807, 2.05) is 13.1 Å². The fourth-order valence-corrected chi connectivity index (χ4v) is 3.13. The number of hydrogen-bond acceptors (Lipinski definition) is 3. The minimum atomic E-state index is 0.742. The molecule has 0 aliphatic heterocycles. The first-order chi connectivity index (χ1) is 9.17. The lowest BCUT2D eigenvalue weighted by molar-refractivity contribution is 0.126. The standard InChI is InChI=1S/C15H23BrN2O/c1-11-9-17-14(12(2)15(11)19-3)10-18(8-7-16)13-5-4-6-13/h9,13H,4-8,10H2,1-3H3. The Morgan fingerprint density at radius 2 is 2.16 bits per heavy atom. The van der Waals surface area contributed by atoms with Crippen molar-refractivity contribution in [3.05, 3.63) is 23.0 Å². The lowest BCUT2D eigenvalue weighted by atomic mass is 9.91. The third-order valence-corrected chi connectivity index (χ3v) is 4.42. The monoisotopic (exact) mass is 326 g/mol. The molecule has 0 spiro atoms. The molecule has 0 N–H and O–H groups in total. The topological polar surface area (TPSA) is 25.4 Å². The second kappa shape index (κ2) is 6.71. The van der Waals surface area contributed by atoms with Crippen LogP contribution in [0, 0.1) is 13.8 Å². The van der Waals surface area contributed by atoms with Gasteiger partial charge in [0.2, 0.25) is 0 Å². The molecular formula is C15H23BrN2O. The molecule has 19 heavy (non-hydrogen) atoms. The average molecular weight is 327 g/mol. The van der Waals surface area contributed by atoms with Gasteiger partial charge in [0.1, 0.15) is 5.75 Å². The number of ether oxygens (including phenoxy) is 1. The molecular weight excluding hydrogens is 304 g/mol. The van der Waals surface area contributed by atoms with E-state index in [9.17, 15) is 0 Å². The normalized spacial score (nSPS) is 15.6. The van der Waals surface area contributed by atoms with Gasteiger partial charge in [0, 0.05) is 41.8 Å². The van der Waals surface area contributed by atoms with E-state index in [-0.39, 0.29) is 0 Å². The first-order valence-corrected chi connectivity index (χ1v) is 8.08. The number of alkyl halides is 1. The first-order valence-electron chi connectivity index (χ1n) is 6.96. The Kier molecular flexibility index (Phi) is 5.22. The summed E-state index contributed by atoms with van der Waals surface area (Å²) in [6, 6.07) is 0.742. The summed E-state index contributed by atoms with van der Waals surface area (Å²) in [5.74, 6) is 0.984. The highest BCUT2D eigenvalue weighted by Gasteiger charge is 2.25. The van der Waals surface area contributed by atoms with Crippen molar-refractivity contribution in [2.24, 2.45) is 0 Å². The van der Waals surface area contributed by atoms with Crippen LogP contribution in [-0.2, 0) is 6.54 Å².